The van der Waals surface area contributed by atoms with Crippen LogP contribution in [0.4, 0.5) is 0 Å². The minimum absolute atomic E-state index is 0.0512. The second-order valence-corrected chi connectivity index (χ2v) is 8.13. The van der Waals surface area contributed by atoms with E-state index in [1.54, 1.807) is 7.11 Å². The van der Waals surface area contributed by atoms with Gasteiger partial charge in [0.15, 0.2) is 11.5 Å². The van der Waals surface area contributed by atoms with E-state index >= 15 is 0 Å². The lowest BCUT2D eigenvalue weighted by atomic mass is 10.0. The molecule has 0 aliphatic carbocycles. The van der Waals surface area contributed by atoms with Crippen molar-refractivity contribution in [1.29, 1.82) is 0 Å². The number of hydrogen-bond donors (Lipinski definition) is 0. The van der Waals surface area contributed by atoms with Crippen molar-refractivity contribution in [3.05, 3.63) is 82.8 Å². The lowest BCUT2D eigenvalue weighted by molar-refractivity contribution is -0.131. The maximum absolute atomic E-state index is 13.1. The number of ether oxygens (including phenoxy) is 1. The highest BCUT2D eigenvalue weighted by Gasteiger charge is 2.29. The third kappa shape index (κ3) is 4.24. The van der Waals surface area contributed by atoms with Gasteiger partial charge in [0.25, 0.3) is 5.89 Å². The molecule has 0 N–H and O–H groups in total. The molecule has 0 bridgehead atoms. The Morgan fingerprint density at radius 2 is 1.91 bits per heavy atom. The third-order valence-corrected chi connectivity index (χ3v) is 6.00. The van der Waals surface area contributed by atoms with Gasteiger partial charge in [0, 0.05) is 49.8 Å². The second-order valence-electron chi connectivity index (χ2n) is 8.13. The summed E-state index contributed by atoms with van der Waals surface area (Å²) >= 11 is 0. The molecule has 8 nitrogen and oxygen atoms in total. The number of carbonyl (C=O) groups excluding carboxylic acids is 1. The highest BCUT2D eigenvalue weighted by Crippen LogP contribution is 2.30. The van der Waals surface area contributed by atoms with Crippen LogP contribution in [0.1, 0.15) is 28.2 Å². The predicted molar refractivity (Wildman–Crippen MR) is 122 cm³/mol. The van der Waals surface area contributed by atoms with Crippen LogP contribution < -0.4 is 4.74 Å². The highest BCUT2D eigenvalue weighted by atomic mass is 16.5. The van der Waals surface area contributed by atoms with Gasteiger partial charge in [-0.3, -0.25) is 9.48 Å². The van der Waals surface area contributed by atoms with Crippen LogP contribution in [-0.2, 0) is 37.6 Å². The van der Waals surface area contributed by atoms with Crippen molar-refractivity contribution < 1.29 is 14.1 Å². The second kappa shape index (κ2) is 8.90. The van der Waals surface area contributed by atoms with Crippen molar-refractivity contribution in [2.24, 2.45) is 7.05 Å². The van der Waals surface area contributed by atoms with Gasteiger partial charge < -0.3 is 14.2 Å². The molecule has 33 heavy (non-hydrogen) atoms. The molecule has 8 heteroatoms. The monoisotopic (exact) mass is 443 g/mol. The number of rotatable bonds is 6. The molecule has 2 aromatic heterocycles. The molecule has 0 atom stereocenters. The Morgan fingerprint density at radius 3 is 2.73 bits per heavy atom. The maximum Gasteiger partial charge on any atom is 0.278 e. The van der Waals surface area contributed by atoms with Crippen molar-refractivity contribution >= 4 is 5.91 Å². The molecule has 0 radical (unpaired) electrons. The number of methoxy groups -OCH3 is 1. The van der Waals surface area contributed by atoms with Crippen LogP contribution in [0.25, 0.3) is 11.6 Å². The Bertz CT molecular complexity index is 1280. The summed E-state index contributed by atoms with van der Waals surface area (Å²) in [5.41, 5.74) is 4.70. The number of amides is 1. The fraction of sp³-hybridized carbons (Fsp3) is 0.280. The summed E-state index contributed by atoms with van der Waals surface area (Å²) in [6, 6.07) is 17.6. The van der Waals surface area contributed by atoms with Crippen molar-refractivity contribution in [3.63, 3.8) is 0 Å². The number of nitrogens with zero attached hydrogens (tertiary/aromatic N) is 5. The first-order valence-corrected chi connectivity index (χ1v) is 10.9. The Hall–Kier alpha value is -3.94. The van der Waals surface area contributed by atoms with Crippen LogP contribution in [0, 0.1) is 0 Å². The van der Waals surface area contributed by atoms with Gasteiger partial charge in [-0.05, 0) is 11.6 Å². The van der Waals surface area contributed by atoms with E-state index in [1.165, 1.54) is 0 Å². The van der Waals surface area contributed by atoms with E-state index < -0.39 is 0 Å². The molecule has 0 fully saturated rings. The van der Waals surface area contributed by atoms with E-state index in [9.17, 15) is 4.79 Å². The molecular formula is C25H25N5O3. The van der Waals surface area contributed by atoms with Crippen molar-refractivity contribution in [1.82, 2.24) is 24.8 Å². The standard InChI is InChI=1S/C25H25N5O3/c1-29-20-12-13-30(23(31)15-18-10-6-7-11-21(18)32-2)16-19(20)24(27-29)25-26-22(28-33-25)14-17-8-4-3-5-9-17/h3-11H,12-16H2,1-2H3. The first kappa shape index (κ1) is 20.9. The van der Waals surface area contributed by atoms with Gasteiger partial charge in [0.2, 0.25) is 5.91 Å². The van der Waals surface area contributed by atoms with Gasteiger partial charge in [-0.2, -0.15) is 10.1 Å². The Morgan fingerprint density at radius 1 is 1.12 bits per heavy atom. The summed E-state index contributed by atoms with van der Waals surface area (Å²) < 4.78 is 12.8. The van der Waals surface area contributed by atoms with Gasteiger partial charge in [0.1, 0.15) is 5.75 Å². The fourth-order valence-corrected chi connectivity index (χ4v) is 4.30. The molecule has 2 aromatic carbocycles. The number of para-hydroxylation sites is 1. The van der Waals surface area contributed by atoms with E-state index in [2.05, 4.69) is 15.2 Å². The average molecular weight is 444 g/mol. The Kier molecular flexibility index (Phi) is 5.64. The van der Waals surface area contributed by atoms with Crippen LogP contribution in [-0.4, -0.2) is 44.4 Å². The average Bonchev–Trinajstić information content (AvgIpc) is 3.44. The summed E-state index contributed by atoms with van der Waals surface area (Å²) in [5, 5.41) is 8.80. The molecule has 0 unspecified atom stereocenters. The predicted octanol–water partition coefficient (Wildman–Crippen LogP) is 3.20. The molecule has 4 aromatic rings. The highest BCUT2D eigenvalue weighted by molar-refractivity contribution is 5.80. The summed E-state index contributed by atoms with van der Waals surface area (Å²) in [6.45, 7) is 1.10. The molecule has 1 aliphatic heterocycles. The molecule has 0 saturated heterocycles. The van der Waals surface area contributed by atoms with Gasteiger partial charge >= 0.3 is 0 Å². The van der Waals surface area contributed by atoms with Gasteiger partial charge in [-0.25, -0.2) is 0 Å². The molecule has 5 rings (SSSR count). The summed E-state index contributed by atoms with van der Waals surface area (Å²) in [6.07, 6.45) is 1.60. The van der Waals surface area contributed by atoms with Crippen LogP contribution in [0.5, 0.6) is 5.75 Å². The lowest BCUT2D eigenvalue weighted by Gasteiger charge is -2.27. The van der Waals surface area contributed by atoms with Crippen LogP contribution in [0.2, 0.25) is 0 Å². The molecule has 1 amide bonds. The SMILES string of the molecule is COc1ccccc1CC(=O)N1CCc2c(c(-c3nc(Cc4ccccc4)no3)nn2C)C1. The van der Waals surface area contributed by atoms with E-state index in [1.807, 2.05) is 71.2 Å². The van der Waals surface area contributed by atoms with Crippen molar-refractivity contribution in [3.8, 4) is 17.3 Å². The number of benzene rings is 2. The number of aryl methyl sites for hydroxylation is 1. The van der Waals surface area contributed by atoms with E-state index in [0.29, 0.717) is 36.9 Å². The van der Waals surface area contributed by atoms with Gasteiger partial charge in [-0.1, -0.05) is 53.7 Å². The fourth-order valence-electron chi connectivity index (χ4n) is 4.30. The van der Waals surface area contributed by atoms with Gasteiger partial charge in [-0.15, -0.1) is 0 Å². The first-order chi connectivity index (χ1) is 16.1. The number of carbonyl (C=O) groups is 1. The lowest BCUT2D eigenvalue weighted by Crippen LogP contribution is -2.37. The van der Waals surface area contributed by atoms with E-state index in [0.717, 1.165) is 34.6 Å². The van der Waals surface area contributed by atoms with E-state index in [-0.39, 0.29) is 12.3 Å². The molecular weight excluding hydrogens is 418 g/mol. The topological polar surface area (TPSA) is 86.3 Å². The smallest absolute Gasteiger partial charge is 0.278 e. The number of fused-ring (bicyclic) bond motifs is 1. The largest absolute Gasteiger partial charge is 0.496 e. The molecule has 168 valence electrons. The van der Waals surface area contributed by atoms with Crippen LogP contribution in [0.15, 0.2) is 59.1 Å². The summed E-state index contributed by atoms with van der Waals surface area (Å²) in [5.74, 6) is 1.77. The van der Waals surface area contributed by atoms with Crippen LogP contribution >= 0.6 is 0 Å². The minimum Gasteiger partial charge on any atom is -0.496 e. The van der Waals surface area contributed by atoms with Crippen LogP contribution in [0.3, 0.4) is 0 Å². The maximum atomic E-state index is 13.1. The summed E-state index contributed by atoms with van der Waals surface area (Å²) in [4.78, 5) is 19.5. The quantitative estimate of drug-likeness (QED) is 0.455. The number of aromatic nitrogens is 4. The zero-order valence-electron chi connectivity index (χ0n) is 18.7. The molecule has 0 saturated carbocycles. The zero-order chi connectivity index (χ0) is 22.8. The van der Waals surface area contributed by atoms with Crippen molar-refractivity contribution in [2.45, 2.75) is 25.8 Å². The molecule has 1 aliphatic rings. The first-order valence-electron chi connectivity index (χ1n) is 10.9. The third-order valence-electron chi connectivity index (χ3n) is 6.00. The zero-order valence-corrected chi connectivity index (χ0v) is 18.7. The Labute approximate surface area is 191 Å². The summed E-state index contributed by atoms with van der Waals surface area (Å²) in [7, 11) is 3.53. The molecule has 3 heterocycles. The normalized spacial score (nSPS) is 13.1. The number of hydrogen-bond acceptors (Lipinski definition) is 6. The van der Waals surface area contributed by atoms with Gasteiger partial charge in [0.05, 0.1) is 13.5 Å². The minimum atomic E-state index is 0.0512. The van der Waals surface area contributed by atoms with E-state index in [4.69, 9.17) is 9.26 Å². The molecule has 0 spiro atoms. The van der Waals surface area contributed by atoms with Crippen molar-refractivity contribution in [2.75, 3.05) is 13.7 Å². The Balaban J connectivity index is 1.36.